The third-order valence-electron chi connectivity index (χ3n) is 2.23. The summed E-state index contributed by atoms with van der Waals surface area (Å²) in [5, 5.41) is 18.9. The van der Waals surface area contributed by atoms with E-state index in [0.717, 1.165) is 28.4 Å². The lowest BCUT2D eigenvalue weighted by Gasteiger charge is -1.94. The SMILES string of the molecule is N#Cc1cccc(-c2nnc(CCCCl)s2)c1. The van der Waals surface area contributed by atoms with Crippen LogP contribution in [0, 0.1) is 11.3 Å². The van der Waals surface area contributed by atoms with Gasteiger partial charge in [0.05, 0.1) is 11.6 Å². The normalized spacial score (nSPS) is 10.1. The van der Waals surface area contributed by atoms with Crippen LogP contribution in [0.2, 0.25) is 0 Å². The third kappa shape index (κ3) is 3.02. The van der Waals surface area contributed by atoms with E-state index in [2.05, 4.69) is 16.3 Å². The molecule has 1 heterocycles. The minimum atomic E-state index is 0.638. The van der Waals surface area contributed by atoms with Gasteiger partial charge in [-0.05, 0) is 18.6 Å². The van der Waals surface area contributed by atoms with E-state index >= 15 is 0 Å². The predicted molar refractivity (Wildman–Crippen MR) is 69.1 cm³/mol. The fourth-order valence-corrected chi connectivity index (χ4v) is 2.42. The highest BCUT2D eigenvalue weighted by Crippen LogP contribution is 2.24. The molecule has 0 saturated carbocycles. The lowest BCUT2D eigenvalue weighted by molar-refractivity contribution is 0.884. The Balaban J connectivity index is 2.21. The number of rotatable bonds is 4. The summed E-state index contributed by atoms with van der Waals surface area (Å²) in [6, 6.07) is 9.51. The molecule has 0 N–H and O–H groups in total. The summed E-state index contributed by atoms with van der Waals surface area (Å²) in [4.78, 5) is 0. The van der Waals surface area contributed by atoms with Gasteiger partial charge in [0.2, 0.25) is 0 Å². The molecule has 0 amide bonds. The molecular weight excluding hydrogens is 254 g/mol. The number of nitrogens with zero attached hydrogens (tertiary/aromatic N) is 3. The van der Waals surface area contributed by atoms with Gasteiger partial charge in [-0.25, -0.2) is 0 Å². The Hall–Kier alpha value is -1.44. The van der Waals surface area contributed by atoms with Crippen molar-refractivity contribution in [3.8, 4) is 16.6 Å². The molecular formula is C12H10ClN3S. The van der Waals surface area contributed by atoms with E-state index in [-0.39, 0.29) is 0 Å². The lowest BCUT2D eigenvalue weighted by atomic mass is 10.1. The van der Waals surface area contributed by atoms with E-state index in [9.17, 15) is 0 Å². The van der Waals surface area contributed by atoms with Crippen LogP contribution < -0.4 is 0 Å². The molecule has 3 nitrogen and oxygen atoms in total. The first-order valence-electron chi connectivity index (χ1n) is 5.22. The number of aryl methyl sites for hydroxylation is 1. The topological polar surface area (TPSA) is 49.6 Å². The molecule has 0 atom stereocenters. The van der Waals surface area contributed by atoms with Crippen molar-refractivity contribution in [1.82, 2.24) is 10.2 Å². The Morgan fingerprint density at radius 1 is 1.35 bits per heavy atom. The average Bonchev–Trinajstić information content (AvgIpc) is 2.85. The maximum Gasteiger partial charge on any atom is 0.147 e. The van der Waals surface area contributed by atoms with Crippen LogP contribution in [0.15, 0.2) is 24.3 Å². The molecule has 0 radical (unpaired) electrons. The smallest absolute Gasteiger partial charge is 0.147 e. The van der Waals surface area contributed by atoms with Gasteiger partial charge in [-0.2, -0.15) is 5.26 Å². The summed E-state index contributed by atoms with van der Waals surface area (Å²) >= 11 is 7.19. The summed E-state index contributed by atoms with van der Waals surface area (Å²) in [6.07, 6.45) is 1.77. The van der Waals surface area contributed by atoms with Crippen molar-refractivity contribution >= 4 is 22.9 Å². The van der Waals surface area contributed by atoms with Gasteiger partial charge in [-0.3, -0.25) is 0 Å². The maximum atomic E-state index is 8.83. The van der Waals surface area contributed by atoms with Crippen LogP contribution in [0.3, 0.4) is 0 Å². The molecule has 5 heteroatoms. The van der Waals surface area contributed by atoms with E-state index in [1.54, 1.807) is 17.4 Å². The summed E-state index contributed by atoms with van der Waals surface area (Å²) in [5.74, 6) is 0.638. The maximum absolute atomic E-state index is 8.83. The Bertz CT molecular complexity index is 545. The number of hydrogen-bond acceptors (Lipinski definition) is 4. The monoisotopic (exact) mass is 263 g/mol. The van der Waals surface area contributed by atoms with E-state index in [0.29, 0.717) is 11.4 Å². The van der Waals surface area contributed by atoms with Crippen LogP contribution >= 0.6 is 22.9 Å². The summed E-state index contributed by atoms with van der Waals surface area (Å²) in [6.45, 7) is 0. The Kier molecular flexibility index (Phi) is 4.08. The second kappa shape index (κ2) is 5.76. The number of aromatic nitrogens is 2. The van der Waals surface area contributed by atoms with Crippen LogP contribution in [-0.2, 0) is 6.42 Å². The molecule has 0 bridgehead atoms. The fourth-order valence-electron chi connectivity index (χ4n) is 1.41. The van der Waals surface area contributed by atoms with Crippen molar-refractivity contribution in [3.05, 3.63) is 34.8 Å². The van der Waals surface area contributed by atoms with Gasteiger partial charge in [0.25, 0.3) is 0 Å². The first kappa shape index (κ1) is 12.0. The average molecular weight is 264 g/mol. The number of alkyl halides is 1. The molecule has 1 aromatic heterocycles. The van der Waals surface area contributed by atoms with Crippen molar-refractivity contribution < 1.29 is 0 Å². The van der Waals surface area contributed by atoms with Gasteiger partial charge in [-0.1, -0.05) is 23.5 Å². The van der Waals surface area contributed by atoms with E-state index in [1.807, 2.05) is 18.2 Å². The second-order valence-electron chi connectivity index (χ2n) is 3.49. The van der Waals surface area contributed by atoms with E-state index in [1.165, 1.54) is 0 Å². The van der Waals surface area contributed by atoms with Crippen molar-refractivity contribution in [1.29, 1.82) is 5.26 Å². The number of halogens is 1. The number of nitriles is 1. The van der Waals surface area contributed by atoms with Crippen molar-refractivity contribution in [2.45, 2.75) is 12.8 Å². The summed E-state index contributed by atoms with van der Waals surface area (Å²) in [7, 11) is 0. The lowest BCUT2D eigenvalue weighted by Crippen LogP contribution is -1.84. The molecule has 2 rings (SSSR count). The Morgan fingerprint density at radius 2 is 2.24 bits per heavy atom. The quantitative estimate of drug-likeness (QED) is 0.796. The van der Waals surface area contributed by atoms with Crippen LogP contribution in [0.1, 0.15) is 17.0 Å². The van der Waals surface area contributed by atoms with Gasteiger partial charge in [0.15, 0.2) is 0 Å². The minimum Gasteiger partial charge on any atom is -0.192 e. The highest BCUT2D eigenvalue weighted by molar-refractivity contribution is 7.14. The van der Waals surface area contributed by atoms with Gasteiger partial charge in [0, 0.05) is 17.9 Å². The highest BCUT2D eigenvalue weighted by atomic mass is 35.5. The van der Waals surface area contributed by atoms with Crippen LogP contribution in [0.25, 0.3) is 10.6 Å². The molecule has 2 aromatic rings. The van der Waals surface area contributed by atoms with Crippen LogP contribution in [-0.4, -0.2) is 16.1 Å². The zero-order valence-electron chi connectivity index (χ0n) is 9.06. The highest BCUT2D eigenvalue weighted by Gasteiger charge is 2.06. The van der Waals surface area contributed by atoms with Crippen molar-refractivity contribution in [2.75, 3.05) is 5.88 Å². The van der Waals surface area contributed by atoms with E-state index < -0.39 is 0 Å². The molecule has 17 heavy (non-hydrogen) atoms. The molecule has 1 aromatic carbocycles. The number of benzene rings is 1. The van der Waals surface area contributed by atoms with Gasteiger partial charge < -0.3 is 0 Å². The first-order chi connectivity index (χ1) is 8.33. The molecule has 0 aliphatic carbocycles. The van der Waals surface area contributed by atoms with Crippen molar-refractivity contribution in [2.24, 2.45) is 0 Å². The van der Waals surface area contributed by atoms with Crippen LogP contribution in [0.5, 0.6) is 0 Å². The zero-order chi connectivity index (χ0) is 12.1. The van der Waals surface area contributed by atoms with Gasteiger partial charge >= 0.3 is 0 Å². The fraction of sp³-hybridized carbons (Fsp3) is 0.250. The summed E-state index contributed by atoms with van der Waals surface area (Å²) < 4.78 is 0. The number of hydrogen-bond donors (Lipinski definition) is 0. The molecule has 0 fully saturated rings. The zero-order valence-corrected chi connectivity index (χ0v) is 10.6. The molecule has 0 aliphatic heterocycles. The van der Waals surface area contributed by atoms with Gasteiger partial charge in [0.1, 0.15) is 10.0 Å². The molecule has 86 valence electrons. The molecule has 0 spiro atoms. The van der Waals surface area contributed by atoms with Crippen molar-refractivity contribution in [3.63, 3.8) is 0 Å². The Labute approximate surface area is 109 Å². The standard InChI is InChI=1S/C12H10ClN3S/c13-6-2-5-11-15-16-12(17-11)10-4-1-3-9(7-10)8-14/h1,3-4,7H,2,5-6H2. The second-order valence-corrected chi connectivity index (χ2v) is 4.93. The van der Waals surface area contributed by atoms with Crippen LogP contribution in [0.4, 0.5) is 0 Å². The summed E-state index contributed by atoms with van der Waals surface area (Å²) in [5.41, 5.74) is 1.58. The van der Waals surface area contributed by atoms with Gasteiger partial charge in [-0.15, -0.1) is 21.8 Å². The molecule has 0 saturated heterocycles. The first-order valence-corrected chi connectivity index (χ1v) is 6.57. The minimum absolute atomic E-state index is 0.638. The predicted octanol–water partition coefficient (Wildman–Crippen LogP) is 3.25. The molecule has 0 unspecified atom stereocenters. The Morgan fingerprint density at radius 3 is 3.00 bits per heavy atom. The third-order valence-corrected chi connectivity index (χ3v) is 3.53. The molecule has 0 aliphatic rings. The van der Waals surface area contributed by atoms with E-state index in [4.69, 9.17) is 16.9 Å². The largest absolute Gasteiger partial charge is 0.192 e.